The van der Waals surface area contributed by atoms with Crippen molar-refractivity contribution in [2.45, 2.75) is 13.8 Å². The van der Waals surface area contributed by atoms with Crippen molar-refractivity contribution >= 4 is 12.2 Å². The van der Waals surface area contributed by atoms with Crippen LogP contribution in [0.5, 0.6) is 0 Å². The number of nitrogens with zero attached hydrogens (tertiary/aromatic N) is 2. The van der Waals surface area contributed by atoms with E-state index in [9.17, 15) is 0 Å². The molecule has 0 atom stereocenters. The minimum absolute atomic E-state index is 0. The maximum absolute atomic E-state index is 4.05. The van der Waals surface area contributed by atoms with Gasteiger partial charge in [0.05, 0.1) is 0 Å². The second-order valence-electron chi connectivity index (χ2n) is 3.38. The summed E-state index contributed by atoms with van der Waals surface area (Å²) in [5.41, 5.74) is 1.92. The van der Waals surface area contributed by atoms with Crippen molar-refractivity contribution in [1.29, 1.82) is 0 Å². The molecule has 2 nitrogen and oxygen atoms in total. The van der Waals surface area contributed by atoms with Gasteiger partial charge in [-0.2, -0.15) is 0 Å². The first-order chi connectivity index (χ1) is 8.86. The molecule has 0 aliphatic carbocycles. The Hall–Kier alpha value is -0.921. The summed E-state index contributed by atoms with van der Waals surface area (Å²) in [4.78, 5) is 8.10. The normalized spacial score (nSPS) is 8.86. The van der Waals surface area contributed by atoms with Crippen LogP contribution in [0.2, 0.25) is 0 Å². The van der Waals surface area contributed by atoms with Crippen LogP contribution < -0.4 is 0 Å². The van der Waals surface area contributed by atoms with E-state index in [1.165, 1.54) is 0 Å². The molecule has 0 aliphatic heterocycles. The van der Waals surface area contributed by atoms with Gasteiger partial charge in [-0.15, -0.1) is 26.0 Å². The molecule has 0 aromatic carbocycles. The van der Waals surface area contributed by atoms with Crippen LogP contribution in [0.25, 0.3) is 12.2 Å². The molecule has 0 amide bonds. The average molecular weight is 636 g/mol. The number of aromatic nitrogens is 2. The molecule has 0 saturated heterocycles. The summed E-state index contributed by atoms with van der Waals surface area (Å²) in [6.45, 7) is 3.71. The predicted molar refractivity (Wildman–Crippen MR) is 81.7 cm³/mol. The van der Waals surface area contributed by atoms with Crippen LogP contribution in [0.15, 0.2) is 48.8 Å². The minimum Gasteiger partial charge on any atom is -0.358 e. The van der Waals surface area contributed by atoms with Gasteiger partial charge in [-0.05, 0) is 12.1 Å². The SMILES string of the molecule is C[C-]=Cc1ccccn1.C[C-]=Cc1ccccn1.[CH3-].[Ir].[Ir]. The fourth-order valence-electron chi connectivity index (χ4n) is 1.22. The molecule has 2 radical (unpaired) electrons. The summed E-state index contributed by atoms with van der Waals surface area (Å²) in [7, 11) is 0. The molecule has 0 aliphatic rings. The average Bonchev–Trinajstić information content (AvgIpc) is 2.43. The number of allylic oxidation sites excluding steroid dienone is 2. The minimum atomic E-state index is 0. The van der Waals surface area contributed by atoms with Crippen LogP contribution in [0.1, 0.15) is 25.2 Å². The smallest absolute Gasteiger partial charge is 0.00534 e. The van der Waals surface area contributed by atoms with Gasteiger partial charge in [0.2, 0.25) is 0 Å². The number of pyridine rings is 2. The monoisotopic (exact) mass is 637 g/mol. The zero-order chi connectivity index (χ0) is 13.1. The molecule has 2 aromatic rings. The van der Waals surface area contributed by atoms with E-state index in [0.29, 0.717) is 0 Å². The Morgan fingerprint density at radius 3 is 1.38 bits per heavy atom. The number of hydrogen-bond donors (Lipinski definition) is 0. The van der Waals surface area contributed by atoms with Gasteiger partial charge in [-0.1, -0.05) is 23.5 Å². The first kappa shape index (κ1) is 25.1. The van der Waals surface area contributed by atoms with Crippen molar-refractivity contribution in [3.63, 3.8) is 0 Å². The van der Waals surface area contributed by atoms with Crippen LogP contribution in [0, 0.1) is 19.6 Å². The Morgan fingerprint density at radius 2 is 1.14 bits per heavy atom. The van der Waals surface area contributed by atoms with E-state index in [0.717, 1.165) is 11.4 Å². The molecular formula is C17H19Ir2N2-3. The maximum atomic E-state index is 4.05. The molecule has 21 heavy (non-hydrogen) atoms. The Morgan fingerprint density at radius 1 is 0.762 bits per heavy atom. The molecule has 4 heteroatoms. The summed E-state index contributed by atoms with van der Waals surface area (Å²) in [5, 5.41) is 0. The molecular weight excluding hydrogens is 617 g/mol. The molecule has 2 aromatic heterocycles. The van der Waals surface area contributed by atoms with Gasteiger partial charge in [-0.3, -0.25) is 12.2 Å². The standard InChI is InChI=1S/2C8H8N.CH3.2Ir/c2*1-2-5-8-6-3-4-7-9-8;;;/h2*3-7H,1H3;1H3;;/q3*-1;;. The van der Waals surface area contributed by atoms with E-state index < -0.39 is 0 Å². The Kier molecular flexibility index (Phi) is 20.4. The third-order valence-corrected chi connectivity index (χ3v) is 1.96. The fraction of sp³-hybridized carbons (Fsp3) is 0.118. The van der Waals surface area contributed by atoms with Crippen molar-refractivity contribution in [1.82, 2.24) is 9.97 Å². The van der Waals surface area contributed by atoms with Gasteiger partial charge in [0.15, 0.2) is 0 Å². The Bertz CT molecular complexity index is 435. The van der Waals surface area contributed by atoms with Crippen molar-refractivity contribution in [3.8, 4) is 0 Å². The van der Waals surface area contributed by atoms with Crippen LogP contribution in [-0.2, 0) is 40.2 Å². The zero-order valence-electron chi connectivity index (χ0n) is 12.3. The molecule has 0 N–H and O–H groups in total. The van der Waals surface area contributed by atoms with Gasteiger partial charge >= 0.3 is 0 Å². The van der Waals surface area contributed by atoms with Gasteiger partial charge in [-0.25, -0.2) is 12.2 Å². The van der Waals surface area contributed by atoms with E-state index in [1.807, 2.05) is 62.4 Å². The third kappa shape index (κ3) is 12.5. The fourth-order valence-corrected chi connectivity index (χ4v) is 1.22. The molecule has 0 saturated carbocycles. The van der Waals surface area contributed by atoms with Crippen molar-refractivity contribution in [3.05, 3.63) is 79.8 Å². The second kappa shape index (κ2) is 17.1. The molecule has 2 heterocycles. The number of rotatable bonds is 2. The van der Waals surface area contributed by atoms with E-state index in [4.69, 9.17) is 0 Å². The summed E-state index contributed by atoms with van der Waals surface area (Å²) in [6.07, 6.45) is 13.0. The van der Waals surface area contributed by atoms with E-state index >= 15 is 0 Å². The first-order valence-electron chi connectivity index (χ1n) is 5.70. The van der Waals surface area contributed by atoms with Crippen LogP contribution in [0.4, 0.5) is 0 Å². The molecule has 2 rings (SSSR count). The van der Waals surface area contributed by atoms with E-state index in [1.54, 1.807) is 12.4 Å². The van der Waals surface area contributed by atoms with E-state index in [2.05, 4.69) is 22.1 Å². The largest absolute Gasteiger partial charge is 0.358 e. The summed E-state index contributed by atoms with van der Waals surface area (Å²) in [6, 6.07) is 11.6. The predicted octanol–water partition coefficient (Wildman–Crippen LogP) is 4.28. The van der Waals surface area contributed by atoms with Crippen molar-refractivity contribution in [2.75, 3.05) is 0 Å². The van der Waals surface area contributed by atoms with Crippen molar-refractivity contribution in [2.24, 2.45) is 0 Å². The summed E-state index contributed by atoms with van der Waals surface area (Å²) in [5.74, 6) is 0. The first-order valence-corrected chi connectivity index (χ1v) is 5.70. The van der Waals surface area contributed by atoms with Crippen LogP contribution in [-0.4, -0.2) is 9.97 Å². The van der Waals surface area contributed by atoms with Crippen LogP contribution >= 0.6 is 0 Å². The van der Waals surface area contributed by atoms with Gasteiger partial charge < -0.3 is 17.4 Å². The van der Waals surface area contributed by atoms with Crippen molar-refractivity contribution < 1.29 is 40.2 Å². The third-order valence-electron chi connectivity index (χ3n) is 1.96. The Labute approximate surface area is 155 Å². The maximum Gasteiger partial charge on any atom is 0.00534 e. The number of hydrogen-bond acceptors (Lipinski definition) is 2. The molecule has 118 valence electrons. The van der Waals surface area contributed by atoms with Gasteiger partial charge in [0.25, 0.3) is 0 Å². The quantitative estimate of drug-likeness (QED) is 0.461. The van der Waals surface area contributed by atoms with Gasteiger partial charge in [0, 0.05) is 52.6 Å². The molecule has 0 unspecified atom stereocenters. The zero-order valence-corrected chi connectivity index (χ0v) is 17.1. The second-order valence-corrected chi connectivity index (χ2v) is 3.38. The molecule has 0 fully saturated rings. The van der Waals surface area contributed by atoms with E-state index in [-0.39, 0.29) is 47.6 Å². The molecule has 0 spiro atoms. The molecule has 0 bridgehead atoms. The summed E-state index contributed by atoms with van der Waals surface area (Å²) < 4.78 is 0. The topological polar surface area (TPSA) is 25.8 Å². The van der Waals surface area contributed by atoms with Gasteiger partial charge in [0.1, 0.15) is 0 Å². The Balaban J connectivity index is -0.000000270. The summed E-state index contributed by atoms with van der Waals surface area (Å²) >= 11 is 0. The van der Waals surface area contributed by atoms with Crippen LogP contribution in [0.3, 0.4) is 0 Å².